The van der Waals surface area contributed by atoms with Crippen LogP contribution in [0.4, 0.5) is 0 Å². The highest BCUT2D eigenvalue weighted by Gasteiger charge is 2.07. The topological polar surface area (TPSA) is 74.6 Å². The Morgan fingerprint density at radius 1 is 0.938 bits per heavy atom. The van der Waals surface area contributed by atoms with Crippen LogP contribution in [0.1, 0.15) is 0 Å². The predicted octanol–water partition coefficient (Wildman–Crippen LogP) is 2.04. The molecule has 0 heterocycles. The standard InChI is InChI=1S/C10H10O4S2/c11-9(12)5-15-7-3-1-2-4-8(7)16-6-10(13)14/h1-4H,5-6H2,(H,11,12)(H,13,14). The van der Waals surface area contributed by atoms with E-state index < -0.39 is 11.9 Å². The predicted molar refractivity (Wildman–Crippen MR) is 63.2 cm³/mol. The van der Waals surface area contributed by atoms with Crippen LogP contribution in [-0.4, -0.2) is 33.7 Å². The normalized spacial score (nSPS) is 10.0. The van der Waals surface area contributed by atoms with E-state index in [1.807, 2.05) is 0 Å². The van der Waals surface area contributed by atoms with Crippen LogP contribution >= 0.6 is 23.5 Å². The average Bonchev–Trinajstić information content (AvgIpc) is 2.24. The molecule has 16 heavy (non-hydrogen) atoms. The summed E-state index contributed by atoms with van der Waals surface area (Å²) in [5.41, 5.74) is 0. The minimum absolute atomic E-state index is 0.0232. The Kier molecular flexibility index (Phi) is 5.21. The minimum Gasteiger partial charge on any atom is -0.481 e. The number of hydrogen-bond acceptors (Lipinski definition) is 4. The van der Waals surface area contributed by atoms with Crippen LogP contribution in [0.5, 0.6) is 0 Å². The van der Waals surface area contributed by atoms with E-state index in [4.69, 9.17) is 10.2 Å². The second-order valence-corrected chi connectivity index (χ2v) is 4.85. The molecule has 0 aromatic heterocycles. The molecule has 1 aromatic carbocycles. The summed E-state index contributed by atoms with van der Waals surface area (Å²) in [6.07, 6.45) is 0. The van der Waals surface area contributed by atoms with Crippen LogP contribution in [0.25, 0.3) is 0 Å². The fraction of sp³-hybridized carbons (Fsp3) is 0.200. The second kappa shape index (κ2) is 6.44. The van der Waals surface area contributed by atoms with E-state index in [1.54, 1.807) is 24.3 Å². The minimum atomic E-state index is -0.886. The monoisotopic (exact) mass is 258 g/mol. The average molecular weight is 258 g/mol. The van der Waals surface area contributed by atoms with Crippen molar-refractivity contribution in [1.82, 2.24) is 0 Å². The quantitative estimate of drug-likeness (QED) is 0.761. The molecule has 1 rings (SSSR count). The van der Waals surface area contributed by atoms with E-state index in [2.05, 4.69) is 0 Å². The Hall–Kier alpha value is -1.14. The van der Waals surface area contributed by atoms with Gasteiger partial charge in [-0.15, -0.1) is 23.5 Å². The van der Waals surface area contributed by atoms with Crippen molar-refractivity contribution in [3.8, 4) is 0 Å². The van der Waals surface area contributed by atoms with Gasteiger partial charge in [0.15, 0.2) is 0 Å². The Morgan fingerprint density at radius 2 is 1.31 bits per heavy atom. The van der Waals surface area contributed by atoms with Crippen LogP contribution in [0, 0.1) is 0 Å². The number of carboxylic acids is 2. The number of benzene rings is 1. The van der Waals surface area contributed by atoms with Gasteiger partial charge in [0.25, 0.3) is 0 Å². The summed E-state index contributed by atoms with van der Waals surface area (Å²) >= 11 is 2.39. The van der Waals surface area contributed by atoms with Gasteiger partial charge in [-0.05, 0) is 12.1 Å². The van der Waals surface area contributed by atoms with E-state index in [0.717, 1.165) is 9.79 Å². The first-order valence-electron chi connectivity index (χ1n) is 4.38. The van der Waals surface area contributed by atoms with Crippen molar-refractivity contribution in [2.24, 2.45) is 0 Å². The van der Waals surface area contributed by atoms with Crippen LogP contribution in [0.2, 0.25) is 0 Å². The van der Waals surface area contributed by atoms with Gasteiger partial charge in [-0.25, -0.2) is 0 Å². The number of rotatable bonds is 6. The molecule has 0 amide bonds. The summed E-state index contributed by atoms with van der Waals surface area (Å²) in [5.74, 6) is -1.82. The molecule has 2 N–H and O–H groups in total. The van der Waals surface area contributed by atoms with Crippen molar-refractivity contribution in [3.63, 3.8) is 0 Å². The molecule has 0 unspecified atom stereocenters. The third-order valence-electron chi connectivity index (χ3n) is 1.55. The number of aliphatic carboxylic acids is 2. The van der Waals surface area contributed by atoms with E-state index in [1.165, 1.54) is 23.5 Å². The smallest absolute Gasteiger partial charge is 0.313 e. The zero-order valence-electron chi connectivity index (χ0n) is 8.25. The van der Waals surface area contributed by atoms with Crippen molar-refractivity contribution in [1.29, 1.82) is 0 Å². The van der Waals surface area contributed by atoms with Gasteiger partial charge in [0, 0.05) is 9.79 Å². The highest BCUT2D eigenvalue weighted by Crippen LogP contribution is 2.30. The molecule has 6 heteroatoms. The fourth-order valence-electron chi connectivity index (χ4n) is 0.968. The first kappa shape index (κ1) is 12.9. The molecule has 1 aromatic rings. The van der Waals surface area contributed by atoms with Crippen molar-refractivity contribution in [2.45, 2.75) is 9.79 Å². The van der Waals surface area contributed by atoms with Crippen molar-refractivity contribution >= 4 is 35.5 Å². The lowest BCUT2D eigenvalue weighted by molar-refractivity contribution is -0.135. The third-order valence-corrected chi connectivity index (χ3v) is 3.80. The SMILES string of the molecule is O=C(O)CSc1ccccc1SCC(=O)O. The van der Waals surface area contributed by atoms with E-state index >= 15 is 0 Å². The maximum atomic E-state index is 10.4. The second-order valence-electron chi connectivity index (χ2n) is 2.81. The van der Waals surface area contributed by atoms with Gasteiger partial charge in [0.2, 0.25) is 0 Å². The number of carboxylic acid groups (broad SMARTS) is 2. The largest absolute Gasteiger partial charge is 0.481 e. The van der Waals surface area contributed by atoms with Gasteiger partial charge >= 0.3 is 11.9 Å². The summed E-state index contributed by atoms with van der Waals surface area (Å²) in [5, 5.41) is 17.1. The summed E-state index contributed by atoms with van der Waals surface area (Å²) in [6, 6.07) is 7.18. The molecule has 0 spiro atoms. The molecule has 0 bridgehead atoms. The molecule has 0 aliphatic rings. The number of thioether (sulfide) groups is 2. The summed E-state index contributed by atoms with van der Waals surface area (Å²) in [7, 11) is 0. The summed E-state index contributed by atoms with van der Waals surface area (Å²) in [6.45, 7) is 0. The molecule has 0 aliphatic carbocycles. The molecular formula is C10H10O4S2. The molecule has 0 radical (unpaired) electrons. The van der Waals surface area contributed by atoms with E-state index in [9.17, 15) is 9.59 Å². The molecule has 4 nitrogen and oxygen atoms in total. The van der Waals surface area contributed by atoms with Crippen molar-refractivity contribution in [3.05, 3.63) is 24.3 Å². The van der Waals surface area contributed by atoms with E-state index in [0.29, 0.717) is 0 Å². The lowest BCUT2D eigenvalue weighted by atomic mass is 10.4. The number of hydrogen-bond donors (Lipinski definition) is 2. The Morgan fingerprint density at radius 3 is 1.62 bits per heavy atom. The first-order valence-corrected chi connectivity index (χ1v) is 6.35. The maximum absolute atomic E-state index is 10.4. The summed E-state index contributed by atoms with van der Waals surface area (Å²) in [4.78, 5) is 22.5. The van der Waals surface area contributed by atoms with Gasteiger partial charge in [-0.2, -0.15) is 0 Å². The molecule has 0 fully saturated rings. The number of carbonyl (C=O) groups is 2. The van der Waals surface area contributed by atoms with Crippen molar-refractivity contribution < 1.29 is 19.8 Å². The zero-order chi connectivity index (χ0) is 12.0. The fourth-order valence-corrected chi connectivity index (χ4v) is 2.65. The molecule has 0 saturated heterocycles. The molecule has 0 saturated carbocycles. The highest BCUT2D eigenvalue weighted by molar-refractivity contribution is 8.03. The van der Waals surface area contributed by atoms with Gasteiger partial charge in [-0.3, -0.25) is 9.59 Å². The van der Waals surface area contributed by atoms with Crippen LogP contribution in [0.3, 0.4) is 0 Å². The van der Waals surface area contributed by atoms with Gasteiger partial charge < -0.3 is 10.2 Å². The van der Waals surface area contributed by atoms with Crippen LogP contribution < -0.4 is 0 Å². The van der Waals surface area contributed by atoms with Gasteiger partial charge in [0.1, 0.15) is 0 Å². The highest BCUT2D eigenvalue weighted by atomic mass is 32.2. The van der Waals surface area contributed by atoms with Gasteiger partial charge in [-0.1, -0.05) is 12.1 Å². The lowest BCUT2D eigenvalue weighted by Crippen LogP contribution is -1.99. The van der Waals surface area contributed by atoms with Gasteiger partial charge in [0.05, 0.1) is 11.5 Å². The Bertz CT molecular complexity index is 355. The molecular weight excluding hydrogens is 248 g/mol. The Balaban J connectivity index is 2.67. The Labute approximate surface area is 101 Å². The van der Waals surface area contributed by atoms with Crippen molar-refractivity contribution in [2.75, 3.05) is 11.5 Å². The van der Waals surface area contributed by atoms with Crippen LogP contribution in [0.15, 0.2) is 34.1 Å². The third kappa shape index (κ3) is 4.59. The molecule has 0 aliphatic heterocycles. The lowest BCUT2D eigenvalue weighted by Gasteiger charge is -2.05. The summed E-state index contributed by atoms with van der Waals surface area (Å²) < 4.78 is 0. The molecule has 0 atom stereocenters. The maximum Gasteiger partial charge on any atom is 0.313 e. The first-order chi connectivity index (χ1) is 7.59. The van der Waals surface area contributed by atoms with Crippen LogP contribution in [-0.2, 0) is 9.59 Å². The van der Waals surface area contributed by atoms with E-state index in [-0.39, 0.29) is 11.5 Å². The zero-order valence-corrected chi connectivity index (χ0v) is 9.88. The molecule has 86 valence electrons.